The van der Waals surface area contributed by atoms with Crippen molar-refractivity contribution in [3.8, 4) is 0 Å². The number of nitrogens with zero attached hydrogens (tertiary/aromatic N) is 3. The van der Waals surface area contributed by atoms with Gasteiger partial charge in [0.15, 0.2) is 0 Å². The maximum atomic E-state index is 5.91. The highest BCUT2D eigenvalue weighted by Crippen LogP contribution is 2.19. The second-order valence-electron chi connectivity index (χ2n) is 3.93. The lowest BCUT2D eigenvalue weighted by Crippen LogP contribution is -2.27. The average Bonchev–Trinajstić information content (AvgIpc) is 2.83. The van der Waals surface area contributed by atoms with E-state index >= 15 is 0 Å². The Labute approximate surface area is 93.0 Å². The fraction of sp³-hybridized carbons (Fsp3) is 0.273. The number of rotatable bonds is 0. The Morgan fingerprint density at radius 2 is 2.31 bits per heavy atom. The van der Waals surface area contributed by atoms with Gasteiger partial charge in [0.1, 0.15) is 0 Å². The van der Waals surface area contributed by atoms with E-state index in [9.17, 15) is 0 Å². The molecule has 0 aliphatic carbocycles. The minimum absolute atomic E-state index is 0.480. The predicted octanol–water partition coefficient (Wildman–Crippen LogP) is 0.734. The van der Waals surface area contributed by atoms with Crippen LogP contribution in [0.25, 0.3) is 11.0 Å². The van der Waals surface area contributed by atoms with Crippen LogP contribution in [0, 0.1) is 6.92 Å². The number of aliphatic imine (C=N–C) groups is 1. The molecule has 0 spiro atoms. The monoisotopic (exact) mass is 215 g/mol. The number of nitrogen functional groups attached to an aromatic ring is 1. The van der Waals surface area contributed by atoms with E-state index in [1.165, 1.54) is 5.56 Å². The third-order valence-electron chi connectivity index (χ3n) is 2.70. The SMILES string of the molecule is Cc1ccc2c(c1)nc(N)n2C1=NCCN1. The lowest BCUT2D eigenvalue weighted by Gasteiger charge is -2.05. The highest BCUT2D eigenvalue weighted by molar-refractivity contribution is 5.96. The molecule has 3 rings (SSSR count). The molecule has 0 saturated heterocycles. The van der Waals surface area contributed by atoms with Crippen LogP contribution in [0.15, 0.2) is 23.2 Å². The molecular weight excluding hydrogens is 202 g/mol. The third-order valence-corrected chi connectivity index (χ3v) is 2.70. The number of hydrogen-bond donors (Lipinski definition) is 2. The number of fused-ring (bicyclic) bond motifs is 1. The van der Waals surface area contributed by atoms with Crippen LogP contribution in [-0.4, -0.2) is 28.6 Å². The zero-order chi connectivity index (χ0) is 11.1. The maximum Gasteiger partial charge on any atom is 0.208 e. The van der Waals surface area contributed by atoms with E-state index in [0.29, 0.717) is 5.95 Å². The molecular formula is C11H13N5. The van der Waals surface area contributed by atoms with Gasteiger partial charge in [-0.2, -0.15) is 0 Å². The highest BCUT2D eigenvalue weighted by Gasteiger charge is 2.15. The van der Waals surface area contributed by atoms with Crippen LogP contribution in [0.5, 0.6) is 0 Å². The summed E-state index contributed by atoms with van der Waals surface area (Å²) in [5.74, 6) is 1.28. The number of anilines is 1. The van der Waals surface area contributed by atoms with Gasteiger partial charge in [-0.15, -0.1) is 0 Å². The first-order valence-electron chi connectivity index (χ1n) is 5.29. The summed E-state index contributed by atoms with van der Waals surface area (Å²) in [6.45, 7) is 3.70. The van der Waals surface area contributed by atoms with Crippen molar-refractivity contribution in [1.29, 1.82) is 0 Å². The van der Waals surface area contributed by atoms with Gasteiger partial charge in [0.25, 0.3) is 0 Å². The van der Waals surface area contributed by atoms with Crippen LogP contribution in [0.4, 0.5) is 5.95 Å². The molecule has 5 heteroatoms. The van der Waals surface area contributed by atoms with Gasteiger partial charge < -0.3 is 11.1 Å². The molecule has 16 heavy (non-hydrogen) atoms. The minimum atomic E-state index is 0.480. The number of aromatic nitrogens is 2. The molecule has 0 unspecified atom stereocenters. The summed E-state index contributed by atoms with van der Waals surface area (Å²) in [4.78, 5) is 8.70. The van der Waals surface area contributed by atoms with Crippen molar-refractivity contribution in [1.82, 2.24) is 14.9 Å². The van der Waals surface area contributed by atoms with Crippen LogP contribution in [0.1, 0.15) is 5.56 Å². The molecule has 2 aromatic rings. The van der Waals surface area contributed by atoms with Gasteiger partial charge in [0, 0.05) is 6.54 Å². The molecule has 3 N–H and O–H groups in total. The van der Waals surface area contributed by atoms with Crippen molar-refractivity contribution < 1.29 is 0 Å². The average molecular weight is 215 g/mol. The highest BCUT2D eigenvalue weighted by atomic mass is 15.3. The molecule has 0 saturated carbocycles. The molecule has 0 fully saturated rings. The van der Waals surface area contributed by atoms with Crippen molar-refractivity contribution in [3.05, 3.63) is 23.8 Å². The summed E-state index contributed by atoms with van der Waals surface area (Å²) in [7, 11) is 0. The van der Waals surface area contributed by atoms with Gasteiger partial charge in [-0.3, -0.25) is 4.99 Å². The lowest BCUT2D eigenvalue weighted by molar-refractivity contribution is 0.944. The van der Waals surface area contributed by atoms with Gasteiger partial charge in [0.05, 0.1) is 17.6 Å². The molecule has 0 atom stereocenters. The Morgan fingerprint density at radius 3 is 3.06 bits per heavy atom. The van der Waals surface area contributed by atoms with Crippen LogP contribution >= 0.6 is 0 Å². The number of nitrogens with one attached hydrogen (secondary N) is 1. The van der Waals surface area contributed by atoms with Crippen LogP contribution in [0.3, 0.4) is 0 Å². The molecule has 0 bridgehead atoms. The van der Waals surface area contributed by atoms with E-state index in [-0.39, 0.29) is 0 Å². The number of hydrogen-bond acceptors (Lipinski definition) is 4. The second-order valence-corrected chi connectivity index (χ2v) is 3.93. The summed E-state index contributed by atoms with van der Waals surface area (Å²) in [5.41, 5.74) is 9.00. The van der Waals surface area contributed by atoms with Crippen molar-refractivity contribution in [2.75, 3.05) is 18.8 Å². The topological polar surface area (TPSA) is 68.2 Å². The first kappa shape index (κ1) is 9.21. The van der Waals surface area contributed by atoms with E-state index < -0.39 is 0 Å². The van der Waals surface area contributed by atoms with Crippen LogP contribution < -0.4 is 11.1 Å². The van der Waals surface area contributed by atoms with E-state index in [4.69, 9.17) is 5.73 Å². The van der Waals surface area contributed by atoms with E-state index in [0.717, 1.165) is 30.1 Å². The summed E-state index contributed by atoms with van der Waals surface area (Å²) in [5, 5.41) is 3.20. The first-order chi connectivity index (χ1) is 7.75. The molecule has 1 aliphatic heterocycles. The standard InChI is InChI=1S/C11H13N5/c1-7-2-3-9-8(6-7)15-10(12)16(9)11-13-4-5-14-11/h2-3,6H,4-5H2,1H3,(H2,12,15)(H,13,14). The van der Waals surface area contributed by atoms with E-state index in [2.05, 4.69) is 21.4 Å². The third kappa shape index (κ3) is 1.25. The molecule has 0 radical (unpaired) electrons. The second kappa shape index (κ2) is 3.23. The van der Waals surface area contributed by atoms with Crippen LogP contribution in [0.2, 0.25) is 0 Å². The molecule has 0 amide bonds. The number of benzene rings is 1. The number of nitrogens with two attached hydrogens (primary N) is 1. The van der Waals surface area contributed by atoms with Crippen LogP contribution in [-0.2, 0) is 0 Å². The molecule has 1 aromatic heterocycles. The normalized spacial score (nSPS) is 15.2. The van der Waals surface area contributed by atoms with Crippen molar-refractivity contribution in [3.63, 3.8) is 0 Å². The molecule has 2 heterocycles. The lowest BCUT2D eigenvalue weighted by atomic mass is 10.2. The first-order valence-corrected chi connectivity index (χ1v) is 5.29. The van der Waals surface area contributed by atoms with Gasteiger partial charge >= 0.3 is 0 Å². The Hall–Kier alpha value is -2.04. The largest absolute Gasteiger partial charge is 0.369 e. The Bertz CT molecular complexity index is 581. The van der Waals surface area contributed by atoms with Gasteiger partial charge in [0.2, 0.25) is 11.9 Å². The van der Waals surface area contributed by atoms with Gasteiger partial charge in [-0.1, -0.05) is 6.07 Å². The van der Waals surface area contributed by atoms with Crippen molar-refractivity contribution in [2.45, 2.75) is 6.92 Å². The quantitative estimate of drug-likeness (QED) is 0.681. The number of aryl methyl sites for hydroxylation is 1. The smallest absolute Gasteiger partial charge is 0.208 e. The molecule has 82 valence electrons. The predicted molar refractivity (Wildman–Crippen MR) is 64.6 cm³/mol. The summed E-state index contributed by atoms with van der Waals surface area (Å²) in [6, 6.07) is 6.10. The summed E-state index contributed by atoms with van der Waals surface area (Å²) < 4.78 is 1.86. The Morgan fingerprint density at radius 1 is 1.44 bits per heavy atom. The van der Waals surface area contributed by atoms with Crippen molar-refractivity contribution >= 4 is 22.9 Å². The molecule has 5 nitrogen and oxygen atoms in total. The summed E-state index contributed by atoms with van der Waals surface area (Å²) in [6.07, 6.45) is 0. The van der Waals surface area contributed by atoms with Crippen molar-refractivity contribution in [2.24, 2.45) is 4.99 Å². The molecule has 1 aliphatic rings. The Balaban J connectivity index is 2.27. The zero-order valence-electron chi connectivity index (χ0n) is 9.07. The zero-order valence-corrected chi connectivity index (χ0v) is 9.07. The Kier molecular flexibility index (Phi) is 1.86. The maximum absolute atomic E-state index is 5.91. The van der Waals surface area contributed by atoms with E-state index in [1.807, 2.05) is 23.6 Å². The van der Waals surface area contributed by atoms with Gasteiger partial charge in [-0.05, 0) is 24.6 Å². The summed E-state index contributed by atoms with van der Waals surface area (Å²) >= 11 is 0. The fourth-order valence-electron chi connectivity index (χ4n) is 1.97. The number of imidazole rings is 1. The minimum Gasteiger partial charge on any atom is -0.369 e. The van der Waals surface area contributed by atoms with E-state index in [1.54, 1.807) is 0 Å². The fourth-order valence-corrected chi connectivity index (χ4v) is 1.97. The molecule has 1 aromatic carbocycles. The van der Waals surface area contributed by atoms with Gasteiger partial charge in [-0.25, -0.2) is 9.55 Å².